The van der Waals surface area contributed by atoms with E-state index in [4.69, 9.17) is 14.5 Å². The van der Waals surface area contributed by atoms with Crippen LogP contribution in [0.25, 0.3) is 0 Å². The van der Waals surface area contributed by atoms with Crippen LogP contribution in [-0.2, 0) is 14.3 Å². The summed E-state index contributed by atoms with van der Waals surface area (Å²) < 4.78 is 11.2. The molecule has 1 amide bonds. The molecule has 1 fully saturated rings. The predicted octanol–water partition coefficient (Wildman–Crippen LogP) is 0.983. The Kier molecular flexibility index (Phi) is 8.88. The van der Waals surface area contributed by atoms with E-state index in [-0.39, 0.29) is 37.3 Å². The zero-order valence-electron chi connectivity index (χ0n) is 21.4. The highest BCUT2D eigenvalue weighted by atomic mass is 127. The van der Waals surface area contributed by atoms with Gasteiger partial charge in [-0.3, -0.25) is 9.28 Å². The number of likely N-dealkylation sites (N-methyl/N-ethyl adjacent to an activating group) is 1. The fourth-order valence-corrected chi connectivity index (χ4v) is 4.98. The van der Waals surface area contributed by atoms with Gasteiger partial charge in [0, 0.05) is 4.88 Å². The van der Waals surface area contributed by atoms with Crippen LogP contribution in [0, 0.1) is 6.92 Å². The molecule has 11 heteroatoms. The summed E-state index contributed by atoms with van der Waals surface area (Å²) in [6.07, 6.45) is -0.619. The van der Waals surface area contributed by atoms with Crippen molar-refractivity contribution in [1.82, 2.24) is 10.2 Å². The lowest BCUT2D eigenvalue weighted by atomic mass is 10.2. The van der Waals surface area contributed by atoms with E-state index >= 15 is 0 Å². The number of fused-ring (bicyclic) bond motifs is 2. The number of amides is 1. The molecule has 4 rings (SSSR count). The molecule has 9 nitrogen and oxygen atoms in total. The van der Waals surface area contributed by atoms with Crippen molar-refractivity contribution >= 4 is 45.6 Å². The van der Waals surface area contributed by atoms with Crippen molar-refractivity contribution in [3.05, 3.63) is 40.8 Å². The third-order valence-corrected chi connectivity index (χ3v) is 6.86. The Hall–Kier alpha value is -2.38. The van der Waals surface area contributed by atoms with Crippen LogP contribution in [0.3, 0.4) is 0 Å². The van der Waals surface area contributed by atoms with E-state index in [2.05, 4.69) is 41.6 Å². The van der Waals surface area contributed by atoms with E-state index in [1.54, 1.807) is 32.1 Å². The van der Waals surface area contributed by atoms with Crippen LogP contribution in [0.5, 0.6) is 0 Å². The van der Waals surface area contributed by atoms with Crippen LogP contribution >= 0.6 is 11.3 Å². The van der Waals surface area contributed by atoms with E-state index < -0.39 is 17.7 Å². The minimum absolute atomic E-state index is 0. The molecule has 1 saturated heterocycles. The van der Waals surface area contributed by atoms with Crippen LogP contribution < -0.4 is 34.6 Å². The Morgan fingerprint density at radius 2 is 1.92 bits per heavy atom. The fraction of sp³-hybridized carbons (Fsp3) is 0.480. The first-order valence-electron chi connectivity index (χ1n) is 11.8. The molecule has 0 bridgehead atoms. The number of para-hydroxylation sites is 2. The molecule has 2 aliphatic rings. The third-order valence-electron chi connectivity index (χ3n) is 5.90. The monoisotopic (exact) mass is 627 g/mol. The van der Waals surface area contributed by atoms with Gasteiger partial charge in [0.25, 0.3) is 0 Å². The Bertz CT molecular complexity index is 1140. The van der Waals surface area contributed by atoms with Crippen molar-refractivity contribution in [3.8, 4) is 0 Å². The summed E-state index contributed by atoms with van der Waals surface area (Å²) in [5.74, 6) is 0.482. The lowest BCUT2D eigenvalue weighted by Crippen LogP contribution is -3.00. The molecule has 0 saturated carbocycles. The standard InChI is InChI=1S/C25H33N5O4S.HI/c1-17-14-18-22(27-19-8-6-7-9-20(19)28-23(18)35-17)29-10-12-30(5,13-11-29)16-33-24(32)26-15-21(31)34-25(2,3)4;/h6-9,14H,10-13,15-16H2,1-5H3,(H-,26,27,28,32);1H. The van der Waals surface area contributed by atoms with Crippen LogP contribution in [0.2, 0.25) is 0 Å². The first kappa shape index (κ1) is 28.2. The largest absolute Gasteiger partial charge is 1.00 e. The number of aliphatic imine (C=N–C) groups is 1. The summed E-state index contributed by atoms with van der Waals surface area (Å²) >= 11 is 1.74. The molecule has 0 radical (unpaired) electrons. The number of esters is 1. The number of halogens is 1. The fourth-order valence-electron chi connectivity index (χ4n) is 4.06. The van der Waals surface area contributed by atoms with Gasteiger partial charge in [-0.2, -0.15) is 0 Å². The Morgan fingerprint density at radius 1 is 1.22 bits per heavy atom. The van der Waals surface area contributed by atoms with Crippen LogP contribution in [0.15, 0.2) is 35.3 Å². The zero-order chi connectivity index (χ0) is 25.2. The molecule has 2 aromatic rings. The molecule has 0 atom stereocenters. The molecule has 36 heavy (non-hydrogen) atoms. The summed E-state index contributed by atoms with van der Waals surface area (Å²) in [5, 5.41) is 7.13. The van der Waals surface area contributed by atoms with Crippen molar-refractivity contribution in [2.24, 2.45) is 4.99 Å². The molecule has 1 aromatic carbocycles. The first-order chi connectivity index (χ1) is 16.5. The highest BCUT2D eigenvalue weighted by Gasteiger charge is 2.33. The number of benzene rings is 1. The molecule has 1 aromatic heterocycles. The minimum Gasteiger partial charge on any atom is -1.00 e. The van der Waals surface area contributed by atoms with Crippen molar-refractivity contribution in [3.63, 3.8) is 0 Å². The highest BCUT2D eigenvalue weighted by Crippen LogP contribution is 2.39. The average Bonchev–Trinajstić information content (AvgIpc) is 3.07. The molecule has 0 spiro atoms. The Labute approximate surface area is 233 Å². The number of hydrogen-bond acceptors (Lipinski definition) is 8. The van der Waals surface area contributed by atoms with Gasteiger partial charge in [0.15, 0.2) is 0 Å². The normalized spacial score (nSPS) is 16.2. The molecule has 2 aliphatic heterocycles. The van der Waals surface area contributed by atoms with E-state index in [9.17, 15) is 9.59 Å². The number of aryl methyl sites for hydroxylation is 1. The number of quaternary nitrogens is 1. The molecular formula is C25H34IN5O4S. The summed E-state index contributed by atoms with van der Waals surface area (Å²) in [5.41, 5.74) is 2.46. The molecule has 3 heterocycles. The minimum atomic E-state index is -0.619. The van der Waals surface area contributed by atoms with Gasteiger partial charge in [0.05, 0.1) is 50.2 Å². The van der Waals surface area contributed by atoms with Crippen LogP contribution in [-0.4, -0.2) is 79.4 Å². The lowest BCUT2D eigenvalue weighted by Gasteiger charge is -2.42. The molecule has 0 aliphatic carbocycles. The van der Waals surface area contributed by atoms with Crippen LogP contribution in [0.4, 0.5) is 21.2 Å². The number of nitrogens with zero attached hydrogens (tertiary/aromatic N) is 3. The maximum Gasteiger partial charge on any atom is 0.411 e. The van der Waals surface area contributed by atoms with Gasteiger partial charge in [-0.1, -0.05) is 12.1 Å². The van der Waals surface area contributed by atoms with Crippen molar-refractivity contribution in [2.75, 3.05) is 51.8 Å². The second-order valence-corrected chi connectivity index (χ2v) is 11.5. The Balaban J connectivity index is 0.00000361. The second-order valence-electron chi connectivity index (χ2n) is 10.2. The summed E-state index contributed by atoms with van der Waals surface area (Å²) in [4.78, 5) is 32.5. The van der Waals surface area contributed by atoms with E-state index in [1.165, 1.54) is 4.88 Å². The SMILES string of the molecule is Cc1cc2c(s1)Nc1ccccc1N=C2N1CC[N+](C)(COC(=O)NCC(=O)OC(C)(C)C)CC1.[I-]. The van der Waals surface area contributed by atoms with Gasteiger partial charge < -0.3 is 49.0 Å². The number of thiophene rings is 1. The number of amidine groups is 1. The molecule has 0 unspecified atom stereocenters. The van der Waals surface area contributed by atoms with Gasteiger partial charge in [-0.05, 0) is 45.9 Å². The molecular weight excluding hydrogens is 593 g/mol. The topological polar surface area (TPSA) is 92.3 Å². The number of hydrogen-bond donors (Lipinski definition) is 2. The first-order valence-corrected chi connectivity index (χ1v) is 12.6. The summed E-state index contributed by atoms with van der Waals surface area (Å²) in [6, 6.07) is 10.3. The van der Waals surface area contributed by atoms with Crippen LogP contribution in [0.1, 0.15) is 31.2 Å². The van der Waals surface area contributed by atoms with Crippen molar-refractivity contribution in [1.29, 1.82) is 0 Å². The predicted molar refractivity (Wildman–Crippen MR) is 138 cm³/mol. The number of ether oxygens (including phenoxy) is 2. The summed E-state index contributed by atoms with van der Waals surface area (Å²) in [6.45, 7) is 10.6. The number of rotatable bonds is 4. The van der Waals surface area contributed by atoms with E-state index in [0.717, 1.165) is 54.0 Å². The van der Waals surface area contributed by atoms with Gasteiger partial charge >= 0.3 is 12.1 Å². The molecule has 196 valence electrons. The quantitative estimate of drug-likeness (QED) is 0.299. The van der Waals surface area contributed by atoms with Gasteiger partial charge in [-0.25, -0.2) is 9.79 Å². The lowest BCUT2D eigenvalue weighted by molar-refractivity contribution is -0.928. The second kappa shape index (κ2) is 11.3. The Morgan fingerprint density at radius 3 is 2.61 bits per heavy atom. The van der Waals surface area contributed by atoms with Gasteiger partial charge in [0.2, 0.25) is 6.73 Å². The number of anilines is 2. The zero-order valence-corrected chi connectivity index (χ0v) is 24.4. The maximum atomic E-state index is 12.1. The smallest absolute Gasteiger partial charge is 0.411 e. The van der Waals surface area contributed by atoms with Gasteiger partial charge in [-0.15, -0.1) is 11.3 Å². The number of nitrogens with one attached hydrogen (secondary N) is 2. The molecule has 2 N–H and O–H groups in total. The van der Waals surface area contributed by atoms with Crippen molar-refractivity contribution in [2.45, 2.75) is 33.3 Å². The van der Waals surface area contributed by atoms with Gasteiger partial charge in [0.1, 0.15) is 23.0 Å². The number of carbonyl (C=O) groups excluding carboxylic acids is 2. The number of carbonyl (C=O) groups is 2. The summed E-state index contributed by atoms with van der Waals surface area (Å²) in [7, 11) is 2.07. The highest BCUT2D eigenvalue weighted by molar-refractivity contribution is 7.16. The van der Waals surface area contributed by atoms with E-state index in [0.29, 0.717) is 4.48 Å². The number of piperazine rings is 1. The maximum absolute atomic E-state index is 12.1. The van der Waals surface area contributed by atoms with E-state index in [1.807, 2.05) is 18.2 Å². The average molecular weight is 628 g/mol. The third kappa shape index (κ3) is 7.10. The number of alkyl carbamates (subject to hydrolysis) is 1. The van der Waals surface area contributed by atoms with Crippen molar-refractivity contribution < 1.29 is 47.5 Å².